The molecule has 1 aliphatic heterocycles. The Hall–Kier alpha value is -0.467. The van der Waals surface area contributed by atoms with E-state index < -0.39 is 12.3 Å². The number of benzene rings is 1. The second-order valence-electron chi connectivity index (χ2n) is 5.93. The van der Waals surface area contributed by atoms with Crippen molar-refractivity contribution in [2.75, 3.05) is 0 Å². The van der Waals surface area contributed by atoms with E-state index in [1.54, 1.807) is 0 Å². The van der Waals surface area contributed by atoms with Crippen LogP contribution < -0.4 is 4.40 Å². The molecule has 0 atom stereocenters. The van der Waals surface area contributed by atoms with Gasteiger partial charge in [0.1, 0.15) is 0 Å². The number of hydrogen-bond acceptors (Lipinski definition) is 0. The van der Waals surface area contributed by atoms with Crippen LogP contribution in [0.3, 0.4) is 0 Å². The fourth-order valence-corrected chi connectivity index (χ4v) is 14.8. The first-order valence-electron chi connectivity index (χ1n) is 6.84. The van der Waals surface area contributed by atoms with E-state index in [-0.39, 0.29) is 0 Å². The van der Waals surface area contributed by atoms with Crippen molar-refractivity contribution in [3.8, 4) is 0 Å². The van der Waals surface area contributed by atoms with E-state index in [4.69, 9.17) is 10.0 Å². The average Bonchev–Trinajstić information content (AvgIpc) is 2.45. The minimum atomic E-state index is -2.78. The van der Waals surface area contributed by atoms with E-state index in [1.165, 1.54) is 41.0 Å². The molecule has 1 heterocycles. The van der Waals surface area contributed by atoms with Gasteiger partial charge in [-0.2, -0.15) is 0 Å². The van der Waals surface area contributed by atoms with Crippen LogP contribution in [-0.4, -0.2) is 12.3 Å². The van der Waals surface area contributed by atoms with E-state index in [0.29, 0.717) is 0 Å². The van der Waals surface area contributed by atoms with Gasteiger partial charge in [-0.3, -0.25) is 0 Å². The SMILES string of the molecule is CC1=[C](C)[Ge]([Cl])([c]2c(C)cc(C)cc2C)[C](C)=C1C. The third-order valence-electron chi connectivity index (χ3n) is 4.74. The van der Waals surface area contributed by atoms with Crippen molar-refractivity contribution in [3.05, 3.63) is 48.8 Å². The molecular weight excluding hydrogens is 312 g/mol. The molecular formula is C17H23ClGe. The Bertz CT molecular complexity index is 573. The Morgan fingerprint density at radius 1 is 0.737 bits per heavy atom. The van der Waals surface area contributed by atoms with Crippen LogP contribution in [-0.2, 0) is 0 Å². The van der Waals surface area contributed by atoms with Gasteiger partial charge in [0.25, 0.3) is 0 Å². The number of rotatable bonds is 1. The van der Waals surface area contributed by atoms with Crippen LogP contribution in [0.2, 0.25) is 0 Å². The van der Waals surface area contributed by atoms with E-state index in [0.717, 1.165) is 0 Å². The standard InChI is InChI=1S/C17H23ClGe/c1-10-8-11(2)17(12(3)9-10)19(18)15(6)13(4)14(5)16(19)7/h8-9H,1-7H3. The third kappa shape index (κ3) is 2.04. The van der Waals surface area contributed by atoms with E-state index in [9.17, 15) is 0 Å². The Kier molecular flexibility index (Phi) is 3.79. The summed E-state index contributed by atoms with van der Waals surface area (Å²) in [5, 5.41) is 0. The molecule has 1 aliphatic rings. The molecule has 2 rings (SSSR count). The summed E-state index contributed by atoms with van der Waals surface area (Å²) in [7, 11) is 7.32. The Morgan fingerprint density at radius 2 is 1.11 bits per heavy atom. The first kappa shape index (κ1) is 14.9. The summed E-state index contributed by atoms with van der Waals surface area (Å²) in [6.45, 7) is 15.5. The van der Waals surface area contributed by atoms with Gasteiger partial charge in [-0.25, -0.2) is 0 Å². The topological polar surface area (TPSA) is 0 Å². The molecule has 0 aliphatic carbocycles. The molecule has 0 nitrogen and oxygen atoms in total. The van der Waals surface area contributed by atoms with Gasteiger partial charge in [0.15, 0.2) is 0 Å². The van der Waals surface area contributed by atoms with Gasteiger partial charge in [0, 0.05) is 0 Å². The van der Waals surface area contributed by atoms with Crippen molar-refractivity contribution in [1.82, 2.24) is 0 Å². The van der Waals surface area contributed by atoms with Gasteiger partial charge in [0.05, 0.1) is 0 Å². The molecule has 19 heavy (non-hydrogen) atoms. The zero-order valence-corrected chi connectivity index (χ0v) is 15.9. The van der Waals surface area contributed by atoms with E-state index in [1.807, 2.05) is 0 Å². The van der Waals surface area contributed by atoms with E-state index >= 15 is 0 Å². The Morgan fingerprint density at radius 3 is 1.47 bits per heavy atom. The summed E-state index contributed by atoms with van der Waals surface area (Å²) in [6, 6.07) is 4.56. The molecule has 0 aromatic heterocycles. The summed E-state index contributed by atoms with van der Waals surface area (Å²) < 4.78 is 4.39. The molecule has 102 valence electrons. The second-order valence-corrected chi connectivity index (χ2v) is 15.8. The molecule has 0 saturated heterocycles. The number of hydrogen-bond donors (Lipinski definition) is 0. The van der Waals surface area contributed by atoms with Crippen LogP contribution in [0.25, 0.3) is 0 Å². The number of halogens is 1. The fraction of sp³-hybridized carbons (Fsp3) is 0.412. The molecule has 1 aromatic carbocycles. The summed E-state index contributed by atoms with van der Waals surface area (Å²) in [5.74, 6) is 0. The molecule has 0 amide bonds. The van der Waals surface area contributed by atoms with Crippen LogP contribution in [0.1, 0.15) is 44.4 Å². The average molecular weight is 335 g/mol. The molecule has 0 N–H and O–H groups in total. The van der Waals surface area contributed by atoms with Crippen molar-refractivity contribution >= 4 is 26.7 Å². The van der Waals surface area contributed by atoms with Crippen molar-refractivity contribution < 1.29 is 0 Å². The maximum atomic E-state index is 7.32. The predicted octanol–water partition coefficient (Wildman–Crippen LogP) is 4.77. The van der Waals surface area contributed by atoms with Gasteiger partial charge in [-0.15, -0.1) is 0 Å². The molecule has 2 heteroatoms. The summed E-state index contributed by atoms with van der Waals surface area (Å²) >= 11 is -2.78. The molecule has 0 bridgehead atoms. The van der Waals surface area contributed by atoms with Crippen molar-refractivity contribution in [1.29, 1.82) is 0 Å². The van der Waals surface area contributed by atoms with Gasteiger partial charge in [-0.05, 0) is 0 Å². The van der Waals surface area contributed by atoms with E-state index in [2.05, 4.69) is 60.6 Å². The maximum absolute atomic E-state index is 7.32. The molecule has 0 spiro atoms. The van der Waals surface area contributed by atoms with Crippen LogP contribution in [0.4, 0.5) is 0 Å². The molecule has 0 saturated carbocycles. The zero-order chi connectivity index (χ0) is 14.5. The van der Waals surface area contributed by atoms with Crippen LogP contribution in [0.5, 0.6) is 0 Å². The Balaban J connectivity index is 2.80. The minimum absolute atomic E-state index is 1.33. The van der Waals surface area contributed by atoms with Gasteiger partial charge >= 0.3 is 124 Å². The first-order chi connectivity index (χ1) is 8.71. The zero-order valence-electron chi connectivity index (χ0n) is 13.0. The van der Waals surface area contributed by atoms with Gasteiger partial charge in [0.2, 0.25) is 0 Å². The monoisotopic (exact) mass is 336 g/mol. The molecule has 0 unspecified atom stereocenters. The quantitative estimate of drug-likeness (QED) is 0.649. The van der Waals surface area contributed by atoms with Crippen molar-refractivity contribution in [3.63, 3.8) is 0 Å². The third-order valence-corrected chi connectivity index (χ3v) is 17.7. The second kappa shape index (κ2) is 4.82. The van der Waals surface area contributed by atoms with Crippen molar-refractivity contribution in [2.45, 2.75) is 48.5 Å². The molecule has 1 aromatic rings. The van der Waals surface area contributed by atoms with Crippen LogP contribution in [0, 0.1) is 20.8 Å². The molecule has 0 radical (unpaired) electrons. The predicted molar refractivity (Wildman–Crippen MR) is 88.6 cm³/mol. The number of allylic oxidation sites excluding steroid dienone is 4. The van der Waals surface area contributed by atoms with Gasteiger partial charge in [-0.1, -0.05) is 0 Å². The van der Waals surface area contributed by atoms with Crippen LogP contribution >= 0.6 is 10.0 Å². The fourth-order valence-electron chi connectivity index (χ4n) is 3.46. The Labute approximate surface area is 124 Å². The molecule has 0 fully saturated rings. The summed E-state index contributed by atoms with van der Waals surface area (Å²) in [5.41, 5.74) is 6.91. The van der Waals surface area contributed by atoms with Crippen molar-refractivity contribution in [2.24, 2.45) is 0 Å². The number of aryl methyl sites for hydroxylation is 3. The summed E-state index contributed by atoms with van der Waals surface area (Å²) in [6.07, 6.45) is 0. The van der Waals surface area contributed by atoms with Gasteiger partial charge < -0.3 is 0 Å². The first-order valence-corrected chi connectivity index (χ1v) is 12.7. The normalized spacial score (nSPS) is 18.5. The van der Waals surface area contributed by atoms with Crippen LogP contribution in [0.15, 0.2) is 32.1 Å². The summed E-state index contributed by atoms with van der Waals surface area (Å²) in [4.78, 5) is 0.